The van der Waals surface area contributed by atoms with Crippen LogP contribution in [0.2, 0.25) is 0 Å². The third kappa shape index (κ3) is 5.51. The van der Waals surface area contributed by atoms with Crippen LogP contribution in [0.3, 0.4) is 0 Å². The summed E-state index contributed by atoms with van der Waals surface area (Å²) in [7, 11) is 0. The van der Waals surface area contributed by atoms with Crippen LogP contribution in [0.15, 0.2) is 60.9 Å². The van der Waals surface area contributed by atoms with E-state index in [1.807, 2.05) is 31.2 Å². The van der Waals surface area contributed by atoms with Gasteiger partial charge in [0.15, 0.2) is 0 Å². The predicted molar refractivity (Wildman–Crippen MR) is 124 cm³/mol. The molecule has 1 aliphatic carbocycles. The lowest BCUT2D eigenvalue weighted by molar-refractivity contribution is -0.192. The van der Waals surface area contributed by atoms with Crippen molar-refractivity contribution in [2.24, 2.45) is 0 Å². The molecule has 0 fully saturated rings. The number of nitrogens with one attached hydrogen (secondary N) is 2. The van der Waals surface area contributed by atoms with Crippen molar-refractivity contribution in [3.05, 3.63) is 89.0 Å². The van der Waals surface area contributed by atoms with Gasteiger partial charge >= 0.3 is 12.1 Å². The highest BCUT2D eigenvalue weighted by atomic mass is 19.4. The van der Waals surface area contributed by atoms with E-state index in [1.165, 1.54) is 11.1 Å². The van der Waals surface area contributed by atoms with Crippen molar-refractivity contribution in [1.82, 2.24) is 15.3 Å². The van der Waals surface area contributed by atoms with Gasteiger partial charge in [0.05, 0.1) is 17.4 Å². The molecule has 1 heterocycles. The number of imidazole rings is 1. The van der Waals surface area contributed by atoms with Crippen LogP contribution in [-0.2, 0) is 24.2 Å². The van der Waals surface area contributed by atoms with Gasteiger partial charge in [-0.1, -0.05) is 42.5 Å². The number of benzene rings is 3. The van der Waals surface area contributed by atoms with Crippen molar-refractivity contribution in [2.75, 3.05) is 0 Å². The molecule has 0 aliphatic heterocycles. The highest BCUT2D eigenvalue weighted by Crippen LogP contribution is 2.29. The van der Waals surface area contributed by atoms with Crippen molar-refractivity contribution < 1.29 is 27.5 Å². The second-order valence-electron chi connectivity index (χ2n) is 8.40. The molecule has 0 atom stereocenters. The molecule has 0 bridgehead atoms. The monoisotopic (exact) mass is 485 g/mol. The molecule has 5 rings (SSSR count). The van der Waals surface area contributed by atoms with Crippen molar-refractivity contribution >= 4 is 17.0 Å². The summed E-state index contributed by atoms with van der Waals surface area (Å²) in [4.78, 5) is 16.4. The van der Waals surface area contributed by atoms with Crippen LogP contribution < -0.4 is 5.32 Å². The van der Waals surface area contributed by atoms with E-state index < -0.39 is 12.1 Å². The molecule has 182 valence electrons. The molecule has 0 saturated heterocycles. The Labute approximate surface area is 198 Å². The maximum Gasteiger partial charge on any atom is 0.490 e. The Kier molecular flexibility index (Phi) is 6.88. The van der Waals surface area contributed by atoms with Gasteiger partial charge in [0, 0.05) is 18.2 Å². The summed E-state index contributed by atoms with van der Waals surface area (Å²) in [6, 6.07) is 18.5. The summed E-state index contributed by atoms with van der Waals surface area (Å²) in [5, 5.41) is 10.6. The lowest BCUT2D eigenvalue weighted by atomic mass is 9.98. The molecule has 1 aromatic heterocycles. The largest absolute Gasteiger partial charge is 0.490 e. The number of hydrogen-bond donors (Lipinski definition) is 3. The molecule has 0 unspecified atom stereocenters. The zero-order valence-corrected chi connectivity index (χ0v) is 18.8. The molecule has 0 spiro atoms. The maximum atomic E-state index is 14.8. The summed E-state index contributed by atoms with van der Waals surface area (Å²) in [5.41, 5.74) is 8.41. The van der Waals surface area contributed by atoms with E-state index in [9.17, 15) is 17.6 Å². The highest BCUT2D eigenvalue weighted by molar-refractivity contribution is 5.86. The fraction of sp³-hybridized carbons (Fsp3) is 0.231. The molecule has 9 heteroatoms. The third-order valence-corrected chi connectivity index (χ3v) is 6.08. The number of H-pyrrole nitrogens is 1. The Morgan fingerprint density at radius 1 is 1.11 bits per heavy atom. The molecular formula is C26H23F4N3O2. The van der Waals surface area contributed by atoms with Gasteiger partial charge in [-0.25, -0.2) is 14.2 Å². The van der Waals surface area contributed by atoms with E-state index in [0.717, 1.165) is 40.6 Å². The van der Waals surface area contributed by atoms with Gasteiger partial charge in [-0.15, -0.1) is 0 Å². The fourth-order valence-electron chi connectivity index (χ4n) is 4.28. The zero-order valence-electron chi connectivity index (χ0n) is 18.8. The Morgan fingerprint density at radius 2 is 1.77 bits per heavy atom. The lowest BCUT2D eigenvalue weighted by Crippen LogP contribution is -2.29. The molecule has 4 aromatic rings. The van der Waals surface area contributed by atoms with Crippen molar-refractivity contribution in [3.8, 4) is 11.1 Å². The Hall–Kier alpha value is -3.72. The van der Waals surface area contributed by atoms with E-state index in [0.29, 0.717) is 18.2 Å². The Bertz CT molecular complexity index is 1340. The van der Waals surface area contributed by atoms with Crippen LogP contribution in [-0.4, -0.2) is 33.3 Å². The van der Waals surface area contributed by atoms with Gasteiger partial charge in [-0.2, -0.15) is 13.2 Å². The molecule has 0 radical (unpaired) electrons. The first-order valence-electron chi connectivity index (χ1n) is 10.9. The minimum atomic E-state index is -5.08. The smallest absolute Gasteiger partial charge is 0.475 e. The molecule has 1 aliphatic rings. The number of fused-ring (bicyclic) bond motifs is 2. The minimum Gasteiger partial charge on any atom is -0.475 e. The number of carboxylic acid groups (broad SMARTS) is 1. The number of rotatable bonds is 4. The van der Waals surface area contributed by atoms with Gasteiger partial charge in [-0.05, 0) is 59.7 Å². The molecule has 3 N–H and O–H groups in total. The summed E-state index contributed by atoms with van der Waals surface area (Å²) in [6.45, 7) is 2.58. The van der Waals surface area contributed by atoms with Crippen molar-refractivity contribution in [1.29, 1.82) is 0 Å². The van der Waals surface area contributed by atoms with E-state index in [-0.39, 0.29) is 5.82 Å². The summed E-state index contributed by atoms with van der Waals surface area (Å²) < 4.78 is 46.5. The first kappa shape index (κ1) is 24.4. The first-order valence-corrected chi connectivity index (χ1v) is 10.9. The van der Waals surface area contributed by atoms with Crippen molar-refractivity contribution in [2.45, 2.75) is 38.5 Å². The number of carbonyl (C=O) groups is 1. The van der Waals surface area contributed by atoms with Crippen LogP contribution in [0, 0.1) is 12.7 Å². The minimum absolute atomic E-state index is 0.165. The number of aryl methyl sites for hydroxylation is 1. The summed E-state index contributed by atoms with van der Waals surface area (Å²) in [6.07, 6.45) is -1.37. The van der Waals surface area contributed by atoms with Gasteiger partial charge in [0.1, 0.15) is 5.82 Å². The van der Waals surface area contributed by atoms with E-state index in [1.54, 1.807) is 12.4 Å². The third-order valence-electron chi connectivity index (χ3n) is 6.08. The van der Waals surface area contributed by atoms with Crippen LogP contribution >= 0.6 is 0 Å². The molecule has 0 saturated carbocycles. The number of hydrogen-bond acceptors (Lipinski definition) is 3. The maximum absolute atomic E-state index is 14.8. The van der Waals surface area contributed by atoms with Gasteiger partial charge < -0.3 is 15.4 Å². The number of alkyl halides is 3. The highest BCUT2D eigenvalue weighted by Gasteiger charge is 2.38. The number of aromatic nitrogens is 2. The van der Waals surface area contributed by atoms with Crippen LogP contribution in [0.5, 0.6) is 0 Å². The number of aliphatic carboxylic acids is 1. The van der Waals surface area contributed by atoms with Crippen molar-refractivity contribution in [3.63, 3.8) is 0 Å². The topological polar surface area (TPSA) is 78.0 Å². The van der Waals surface area contributed by atoms with E-state index in [2.05, 4.69) is 39.6 Å². The number of carboxylic acids is 1. The summed E-state index contributed by atoms with van der Waals surface area (Å²) in [5.74, 6) is -2.92. The number of halogens is 4. The lowest BCUT2D eigenvalue weighted by Gasteiger charge is -2.14. The molecule has 3 aromatic carbocycles. The zero-order chi connectivity index (χ0) is 25.2. The standard InChI is InChI=1S/C24H22FN3.C2HF3O2/c1-15-21(8-9-23-24(15)28-14-27-23)18-6-7-19(22(25)12-18)13-26-20-10-16-4-2-3-5-17(16)11-20;3-2(4,5)1(6)7/h2-9,12,14,20,26H,10-11,13H2,1H3,(H,27,28);(H,6,7). The van der Waals surface area contributed by atoms with Gasteiger partial charge in [0.25, 0.3) is 0 Å². The van der Waals surface area contributed by atoms with Crippen LogP contribution in [0.4, 0.5) is 17.6 Å². The number of nitrogens with zero attached hydrogens (tertiary/aromatic N) is 1. The Balaban J connectivity index is 0.000000364. The normalized spacial score (nSPS) is 13.4. The molecule has 0 amide bonds. The quantitative estimate of drug-likeness (QED) is 0.331. The van der Waals surface area contributed by atoms with Crippen LogP contribution in [0.25, 0.3) is 22.2 Å². The van der Waals surface area contributed by atoms with E-state index in [4.69, 9.17) is 9.90 Å². The van der Waals surface area contributed by atoms with Gasteiger partial charge in [-0.3, -0.25) is 0 Å². The second kappa shape index (κ2) is 9.87. The van der Waals surface area contributed by atoms with Gasteiger partial charge in [0.2, 0.25) is 0 Å². The van der Waals surface area contributed by atoms with Crippen LogP contribution in [0.1, 0.15) is 22.3 Å². The predicted octanol–water partition coefficient (Wildman–Crippen LogP) is 5.57. The fourth-order valence-corrected chi connectivity index (χ4v) is 4.28. The average molecular weight is 485 g/mol. The number of aromatic amines is 1. The summed E-state index contributed by atoms with van der Waals surface area (Å²) >= 11 is 0. The SMILES string of the molecule is Cc1c(-c2ccc(CNC3Cc4ccccc4C3)c(F)c2)ccc2[nH]cnc12.O=C(O)C(F)(F)F. The molecule has 35 heavy (non-hydrogen) atoms. The molecular weight excluding hydrogens is 462 g/mol. The first-order chi connectivity index (χ1) is 16.6. The van der Waals surface area contributed by atoms with E-state index >= 15 is 0 Å². The average Bonchev–Trinajstić information content (AvgIpc) is 3.45. The Morgan fingerprint density at radius 3 is 2.37 bits per heavy atom. The molecule has 5 nitrogen and oxygen atoms in total. The second-order valence-corrected chi connectivity index (χ2v) is 8.40.